The van der Waals surface area contributed by atoms with Gasteiger partial charge in [-0.25, -0.2) is 0 Å². The molecule has 13 heteroatoms. The minimum absolute atomic E-state index is 0.637. The van der Waals surface area contributed by atoms with Crippen LogP contribution in [0, 0.1) is 4.91 Å². The number of hydrazine groups is 1. The summed E-state index contributed by atoms with van der Waals surface area (Å²) in [6, 6.07) is 0. The molecule has 0 aliphatic heterocycles. The van der Waals surface area contributed by atoms with E-state index in [0.29, 0.717) is 5.29 Å². The highest BCUT2D eigenvalue weighted by molar-refractivity contribution is 4.62. The van der Waals surface area contributed by atoms with Crippen LogP contribution in [0.25, 0.3) is 0 Å². The Balaban J connectivity index is 5.43. The van der Waals surface area contributed by atoms with Crippen LogP contribution >= 0.6 is 0 Å². The first kappa shape index (κ1) is 14.7. The van der Waals surface area contributed by atoms with Crippen molar-refractivity contribution in [1.82, 2.24) is 10.1 Å². The third-order valence-corrected chi connectivity index (χ3v) is 0.974. The van der Waals surface area contributed by atoms with Gasteiger partial charge in [0.05, 0.1) is 5.29 Å². The van der Waals surface area contributed by atoms with Crippen LogP contribution in [0.1, 0.15) is 0 Å². The average Bonchev–Trinajstić information content (AvgIpc) is 1.91. The van der Waals surface area contributed by atoms with Gasteiger partial charge < -0.3 is 0 Å². The van der Waals surface area contributed by atoms with Crippen molar-refractivity contribution in [3.8, 4) is 0 Å². The van der Waals surface area contributed by atoms with Crippen molar-refractivity contribution in [3.63, 3.8) is 0 Å². The molecule has 0 bridgehead atoms. The summed E-state index contributed by atoms with van der Waals surface area (Å²) in [5.74, 6) is 0. The van der Waals surface area contributed by atoms with Crippen molar-refractivity contribution in [1.29, 1.82) is 0 Å². The molecule has 0 radical (unpaired) electrons. The van der Waals surface area contributed by atoms with Gasteiger partial charge in [-0.1, -0.05) is 5.12 Å². The minimum atomic E-state index is -6.50. The van der Waals surface area contributed by atoms with Gasteiger partial charge in [-0.3, -0.25) is 0 Å². The second kappa shape index (κ2) is 3.95. The van der Waals surface area contributed by atoms with Crippen LogP contribution in [-0.4, -0.2) is 29.0 Å². The Morgan fingerprint density at radius 2 is 1.00 bits per heavy atom. The summed E-state index contributed by atoms with van der Waals surface area (Å²) in [5.41, 5.74) is 0. The maximum Gasteiger partial charge on any atom is 0.518 e. The number of alkyl halides is 9. The Morgan fingerprint density at radius 1 is 0.688 bits per heavy atom. The lowest BCUT2D eigenvalue weighted by Gasteiger charge is -2.32. The van der Waals surface area contributed by atoms with Crippen LogP contribution in [0.15, 0.2) is 5.29 Å². The molecule has 0 amide bonds. The van der Waals surface area contributed by atoms with Crippen LogP contribution in [0.2, 0.25) is 0 Å². The molecule has 96 valence electrons. The summed E-state index contributed by atoms with van der Waals surface area (Å²) in [7, 11) is 0. The van der Waals surface area contributed by atoms with Crippen LogP contribution in [-0.2, 0) is 0 Å². The third-order valence-electron chi connectivity index (χ3n) is 0.974. The van der Waals surface area contributed by atoms with Crippen LogP contribution in [0.4, 0.5) is 39.5 Å². The summed E-state index contributed by atoms with van der Waals surface area (Å²) in [6.07, 6.45) is -19.3. The Morgan fingerprint density at radius 3 is 1.06 bits per heavy atom. The Labute approximate surface area is 80.1 Å². The Kier molecular flexibility index (Phi) is 3.64. The molecule has 4 nitrogen and oxygen atoms in total. The molecule has 0 aromatic heterocycles. The van der Waals surface area contributed by atoms with E-state index in [0.717, 1.165) is 0 Å². The number of nitroso groups, excluding NO2 is 1. The molecular weight excluding hydrogens is 265 g/mol. The van der Waals surface area contributed by atoms with Crippen molar-refractivity contribution in [3.05, 3.63) is 4.91 Å². The van der Waals surface area contributed by atoms with Gasteiger partial charge in [0, 0.05) is 0 Å². The number of nitrogens with zero attached hydrogens (tertiary/aromatic N) is 3. The third kappa shape index (κ3) is 3.39. The van der Waals surface area contributed by atoms with Crippen molar-refractivity contribution in [2.24, 2.45) is 5.29 Å². The van der Waals surface area contributed by atoms with Crippen molar-refractivity contribution >= 4 is 0 Å². The fourth-order valence-corrected chi connectivity index (χ4v) is 0.555. The van der Waals surface area contributed by atoms with E-state index < -0.39 is 29.0 Å². The van der Waals surface area contributed by atoms with Gasteiger partial charge in [0.2, 0.25) is 0 Å². The molecule has 0 saturated heterocycles. The van der Waals surface area contributed by atoms with E-state index in [1.54, 1.807) is 0 Å². The molecule has 0 aliphatic rings. The SMILES string of the molecule is O=NN(N(C(F)(F)F)C(F)(F)F)C(F)(F)F. The van der Waals surface area contributed by atoms with Gasteiger partial charge in [-0.2, -0.15) is 26.3 Å². The second-order valence-corrected chi connectivity index (χ2v) is 2.09. The van der Waals surface area contributed by atoms with E-state index in [1.807, 2.05) is 0 Å². The molecule has 16 heavy (non-hydrogen) atoms. The molecule has 0 atom stereocenters. The van der Waals surface area contributed by atoms with Gasteiger partial charge in [0.15, 0.2) is 0 Å². The lowest BCUT2D eigenvalue weighted by Crippen LogP contribution is -2.60. The van der Waals surface area contributed by atoms with Crippen molar-refractivity contribution < 1.29 is 39.5 Å². The fourth-order valence-electron chi connectivity index (χ4n) is 0.555. The standard InChI is InChI=1S/C3F9N3O/c4-1(5,6)14(2(7,8)9)15(13-16)3(10,11)12. The first-order valence-electron chi connectivity index (χ1n) is 2.95. The number of halogens is 9. The highest BCUT2D eigenvalue weighted by Crippen LogP contribution is 2.39. The van der Waals surface area contributed by atoms with Crippen molar-refractivity contribution in [2.75, 3.05) is 0 Å². The van der Waals surface area contributed by atoms with E-state index in [9.17, 15) is 44.4 Å². The zero-order valence-corrected chi connectivity index (χ0v) is 6.65. The zero-order valence-electron chi connectivity index (χ0n) is 6.65. The Hall–Kier alpha value is -1.27. The number of rotatable bonds is 2. The molecule has 0 saturated carbocycles. The average molecular weight is 265 g/mol. The maximum absolute atomic E-state index is 11.6. The maximum atomic E-state index is 11.6. The van der Waals surface area contributed by atoms with E-state index in [4.69, 9.17) is 0 Å². The van der Waals surface area contributed by atoms with E-state index >= 15 is 0 Å². The van der Waals surface area contributed by atoms with Crippen molar-refractivity contribution in [2.45, 2.75) is 18.9 Å². The molecule has 0 aliphatic carbocycles. The highest BCUT2D eigenvalue weighted by atomic mass is 19.4. The summed E-state index contributed by atoms with van der Waals surface area (Å²) < 4.78 is 105. The molecule has 0 aromatic carbocycles. The topological polar surface area (TPSA) is 35.9 Å². The smallest absolute Gasteiger partial charge is 0.154 e. The molecule has 0 N–H and O–H groups in total. The quantitative estimate of drug-likeness (QED) is 0.333. The highest BCUT2D eigenvalue weighted by Gasteiger charge is 2.64. The lowest BCUT2D eigenvalue weighted by atomic mass is 10.9. The van der Waals surface area contributed by atoms with E-state index in [2.05, 4.69) is 0 Å². The second-order valence-electron chi connectivity index (χ2n) is 2.09. The molecule has 0 unspecified atom stereocenters. The molecule has 0 spiro atoms. The predicted molar refractivity (Wildman–Crippen MR) is 27.6 cm³/mol. The molecule has 0 fully saturated rings. The first-order chi connectivity index (χ1) is 6.81. The summed E-state index contributed by atoms with van der Waals surface area (Å²) >= 11 is 0. The summed E-state index contributed by atoms with van der Waals surface area (Å²) in [4.78, 5) is 9.40. The zero-order chi connectivity index (χ0) is 13.4. The lowest BCUT2D eigenvalue weighted by molar-refractivity contribution is -0.483. The fraction of sp³-hybridized carbons (Fsp3) is 1.00. The van der Waals surface area contributed by atoms with Crippen LogP contribution in [0.3, 0.4) is 0 Å². The first-order valence-corrected chi connectivity index (χ1v) is 2.95. The number of hydrogen-bond donors (Lipinski definition) is 0. The normalized spacial score (nSPS) is 14.1. The van der Waals surface area contributed by atoms with Crippen LogP contribution in [0.5, 0.6) is 0 Å². The predicted octanol–water partition coefficient (Wildman–Crippen LogP) is 2.75. The number of hydrogen-bond acceptors (Lipinski definition) is 3. The van der Waals surface area contributed by atoms with Gasteiger partial charge in [0.1, 0.15) is 0 Å². The van der Waals surface area contributed by atoms with E-state index in [1.165, 1.54) is 0 Å². The Bertz CT molecular complexity index is 238. The molecule has 0 aromatic rings. The minimum Gasteiger partial charge on any atom is -0.154 e. The van der Waals surface area contributed by atoms with Gasteiger partial charge in [-0.15, -0.1) is 18.1 Å². The van der Waals surface area contributed by atoms with E-state index in [-0.39, 0.29) is 0 Å². The molecular formula is C3F9N3O. The monoisotopic (exact) mass is 265 g/mol. The molecule has 0 rings (SSSR count). The van der Waals surface area contributed by atoms with Gasteiger partial charge >= 0.3 is 18.9 Å². The summed E-state index contributed by atoms with van der Waals surface area (Å²) in [6.45, 7) is 0. The largest absolute Gasteiger partial charge is 0.518 e. The molecule has 0 heterocycles. The van der Waals surface area contributed by atoms with Crippen LogP contribution < -0.4 is 0 Å². The van der Waals surface area contributed by atoms with Gasteiger partial charge in [0.25, 0.3) is 0 Å². The van der Waals surface area contributed by atoms with Gasteiger partial charge in [-0.05, 0) is 5.01 Å². The summed E-state index contributed by atoms with van der Waals surface area (Å²) in [5, 5.41) is -5.15.